The van der Waals surface area contributed by atoms with Gasteiger partial charge in [-0.05, 0) is 57.2 Å². The fraction of sp³-hybridized carbons (Fsp3) is 0.600. The van der Waals surface area contributed by atoms with Crippen molar-refractivity contribution in [1.82, 2.24) is 15.5 Å². The summed E-state index contributed by atoms with van der Waals surface area (Å²) in [5, 5.41) is 5.23. The molecular weight excluding hydrogens is 438 g/mol. The molecule has 9 nitrogen and oxygen atoms in total. The van der Waals surface area contributed by atoms with Crippen molar-refractivity contribution in [2.24, 2.45) is 5.92 Å². The minimum absolute atomic E-state index is 0.222. The number of benzene rings is 1. The summed E-state index contributed by atoms with van der Waals surface area (Å²) in [5.74, 6) is -1.81. The number of likely N-dealkylation sites (N-methyl/N-ethyl adjacent to an activating group) is 1. The number of carbonyl (C=O) groups excluding carboxylic acids is 4. The van der Waals surface area contributed by atoms with Crippen molar-refractivity contribution in [3.05, 3.63) is 34.9 Å². The molecule has 0 heterocycles. The van der Waals surface area contributed by atoms with Gasteiger partial charge in [0.2, 0.25) is 11.8 Å². The SMILES string of the molecule is CCC(C)C(NC(=O)OC(C)(C)C)C(=O)N(C)C(C(=O)NCC(=O)OC)c1cccc(C)c1C. The van der Waals surface area contributed by atoms with Gasteiger partial charge in [0.1, 0.15) is 24.2 Å². The fourth-order valence-corrected chi connectivity index (χ4v) is 3.39. The molecule has 0 aromatic heterocycles. The molecule has 190 valence electrons. The van der Waals surface area contributed by atoms with Crippen LogP contribution in [0.25, 0.3) is 0 Å². The zero-order chi connectivity index (χ0) is 26.2. The van der Waals surface area contributed by atoms with Crippen LogP contribution in [-0.2, 0) is 23.9 Å². The summed E-state index contributed by atoms with van der Waals surface area (Å²) in [4.78, 5) is 52.2. The summed E-state index contributed by atoms with van der Waals surface area (Å²) < 4.78 is 9.96. The van der Waals surface area contributed by atoms with Crippen LogP contribution in [0.1, 0.15) is 63.8 Å². The van der Waals surface area contributed by atoms with E-state index in [1.54, 1.807) is 26.8 Å². The summed E-state index contributed by atoms with van der Waals surface area (Å²) >= 11 is 0. The molecule has 0 bridgehead atoms. The summed E-state index contributed by atoms with van der Waals surface area (Å²) in [6.07, 6.45) is -0.0964. The summed E-state index contributed by atoms with van der Waals surface area (Å²) in [7, 11) is 2.74. The van der Waals surface area contributed by atoms with Crippen LogP contribution >= 0.6 is 0 Å². The largest absolute Gasteiger partial charge is 0.468 e. The molecule has 3 unspecified atom stereocenters. The monoisotopic (exact) mass is 477 g/mol. The van der Waals surface area contributed by atoms with Crippen LogP contribution in [0.4, 0.5) is 4.79 Å². The Balaban J connectivity index is 3.35. The molecule has 0 saturated carbocycles. The topological polar surface area (TPSA) is 114 Å². The second-order valence-electron chi connectivity index (χ2n) is 9.44. The first-order valence-electron chi connectivity index (χ1n) is 11.4. The first kappa shape index (κ1) is 28.9. The fourth-order valence-electron chi connectivity index (χ4n) is 3.39. The minimum atomic E-state index is -1.02. The Kier molecular flexibility index (Phi) is 10.5. The van der Waals surface area contributed by atoms with Gasteiger partial charge in [-0.1, -0.05) is 38.5 Å². The van der Waals surface area contributed by atoms with Crippen molar-refractivity contribution in [3.8, 4) is 0 Å². The molecule has 34 heavy (non-hydrogen) atoms. The minimum Gasteiger partial charge on any atom is -0.468 e. The Labute approximate surface area is 202 Å². The Bertz CT molecular complexity index is 893. The first-order valence-corrected chi connectivity index (χ1v) is 11.4. The molecule has 0 aliphatic rings. The Morgan fingerprint density at radius 1 is 1.12 bits per heavy atom. The average molecular weight is 478 g/mol. The Morgan fingerprint density at radius 2 is 1.74 bits per heavy atom. The summed E-state index contributed by atoms with van der Waals surface area (Å²) in [6, 6.07) is 3.56. The number of carbonyl (C=O) groups is 4. The molecule has 1 aromatic carbocycles. The van der Waals surface area contributed by atoms with Gasteiger partial charge in [0.05, 0.1) is 7.11 Å². The maximum absolute atomic E-state index is 13.6. The Morgan fingerprint density at radius 3 is 2.26 bits per heavy atom. The predicted molar refractivity (Wildman–Crippen MR) is 129 cm³/mol. The molecule has 2 N–H and O–H groups in total. The van der Waals surface area contributed by atoms with E-state index in [2.05, 4.69) is 15.4 Å². The number of alkyl carbamates (subject to hydrolysis) is 1. The van der Waals surface area contributed by atoms with Crippen LogP contribution in [0.5, 0.6) is 0 Å². The van der Waals surface area contributed by atoms with Crippen LogP contribution in [-0.4, -0.2) is 61.1 Å². The van der Waals surface area contributed by atoms with Gasteiger partial charge >= 0.3 is 12.1 Å². The molecule has 9 heteroatoms. The molecule has 3 amide bonds. The van der Waals surface area contributed by atoms with Gasteiger partial charge in [-0.15, -0.1) is 0 Å². The van der Waals surface area contributed by atoms with E-state index in [4.69, 9.17) is 4.74 Å². The molecule has 3 atom stereocenters. The predicted octanol–water partition coefficient (Wildman–Crippen LogP) is 3.03. The number of ether oxygens (including phenoxy) is 2. The lowest BCUT2D eigenvalue weighted by atomic mass is 9.93. The van der Waals surface area contributed by atoms with Crippen molar-refractivity contribution < 1.29 is 28.7 Å². The van der Waals surface area contributed by atoms with Crippen LogP contribution in [0.15, 0.2) is 18.2 Å². The lowest BCUT2D eigenvalue weighted by Crippen LogP contribution is -2.54. The number of nitrogens with zero attached hydrogens (tertiary/aromatic N) is 1. The maximum Gasteiger partial charge on any atom is 0.408 e. The van der Waals surface area contributed by atoms with E-state index in [-0.39, 0.29) is 12.5 Å². The van der Waals surface area contributed by atoms with Crippen LogP contribution in [0, 0.1) is 19.8 Å². The highest BCUT2D eigenvalue weighted by atomic mass is 16.6. The highest BCUT2D eigenvalue weighted by molar-refractivity contribution is 5.93. The van der Waals surface area contributed by atoms with Gasteiger partial charge in [-0.3, -0.25) is 14.4 Å². The molecule has 0 fully saturated rings. The number of aryl methyl sites for hydroxylation is 1. The lowest BCUT2D eigenvalue weighted by molar-refractivity contribution is -0.144. The van der Waals surface area contributed by atoms with Crippen LogP contribution in [0.3, 0.4) is 0 Å². The standard InChI is InChI=1S/C25H39N3O6/c1-10-15(2)20(27-24(32)34-25(5,6)7)23(31)28(8)21(22(30)26-14-19(29)33-9)18-13-11-12-16(3)17(18)4/h11-13,15,20-21H,10,14H2,1-9H3,(H,26,30)(H,27,32). The third-order valence-corrected chi connectivity index (χ3v) is 5.71. The second kappa shape index (κ2) is 12.4. The first-order chi connectivity index (χ1) is 15.7. The number of amides is 3. The van der Waals surface area contributed by atoms with E-state index in [0.29, 0.717) is 12.0 Å². The highest BCUT2D eigenvalue weighted by Gasteiger charge is 2.36. The van der Waals surface area contributed by atoms with E-state index in [0.717, 1.165) is 11.1 Å². The van der Waals surface area contributed by atoms with Crippen molar-refractivity contribution in [3.63, 3.8) is 0 Å². The van der Waals surface area contributed by atoms with E-state index >= 15 is 0 Å². The number of esters is 1. The van der Waals surface area contributed by atoms with Gasteiger partial charge < -0.3 is 25.0 Å². The smallest absolute Gasteiger partial charge is 0.408 e. The third kappa shape index (κ3) is 8.04. The molecule has 1 aromatic rings. The lowest BCUT2D eigenvalue weighted by Gasteiger charge is -2.34. The molecule has 0 aliphatic heterocycles. The van der Waals surface area contributed by atoms with Crippen molar-refractivity contribution >= 4 is 23.9 Å². The van der Waals surface area contributed by atoms with E-state index in [1.165, 1.54) is 19.1 Å². The van der Waals surface area contributed by atoms with Crippen molar-refractivity contribution in [2.45, 2.75) is 72.6 Å². The number of methoxy groups -OCH3 is 1. The zero-order valence-corrected chi connectivity index (χ0v) is 21.8. The summed E-state index contributed by atoms with van der Waals surface area (Å²) in [6.45, 7) is 12.4. The number of rotatable bonds is 9. The number of hydrogen-bond donors (Lipinski definition) is 2. The maximum atomic E-state index is 13.6. The molecule has 0 spiro atoms. The molecular formula is C25H39N3O6. The molecule has 1 rings (SSSR count). The highest BCUT2D eigenvalue weighted by Crippen LogP contribution is 2.27. The second-order valence-corrected chi connectivity index (χ2v) is 9.44. The van der Waals surface area contributed by atoms with Gasteiger partial charge in [-0.25, -0.2) is 4.79 Å². The Hall–Kier alpha value is -3.10. The van der Waals surface area contributed by atoms with Gasteiger partial charge in [0, 0.05) is 7.05 Å². The van der Waals surface area contributed by atoms with E-state index in [1.807, 2.05) is 39.8 Å². The average Bonchev–Trinajstić information content (AvgIpc) is 2.76. The van der Waals surface area contributed by atoms with Crippen LogP contribution in [0.2, 0.25) is 0 Å². The normalized spacial score (nSPS) is 13.8. The van der Waals surface area contributed by atoms with Gasteiger partial charge in [0.15, 0.2) is 0 Å². The van der Waals surface area contributed by atoms with Crippen molar-refractivity contribution in [1.29, 1.82) is 0 Å². The van der Waals surface area contributed by atoms with Crippen LogP contribution < -0.4 is 10.6 Å². The third-order valence-electron chi connectivity index (χ3n) is 5.71. The summed E-state index contributed by atoms with van der Waals surface area (Å²) in [5.41, 5.74) is 1.70. The van der Waals surface area contributed by atoms with E-state index in [9.17, 15) is 19.2 Å². The van der Waals surface area contributed by atoms with Gasteiger partial charge in [-0.2, -0.15) is 0 Å². The molecule has 0 saturated heterocycles. The number of hydrogen-bond acceptors (Lipinski definition) is 6. The molecule has 0 radical (unpaired) electrons. The van der Waals surface area contributed by atoms with Gasteiger partial charge in [0.25, 0.3) is 0 Å². The molecule has 0 aliphatic carbocycles. The quantitative estimate of drug-likeness (QED) is 0.529. The van der Waals surface area contributed by atoms with E-state index < -0.39 is 41.6 Å². The zero-order valence-electron chi connectivity index (χ0n) is 21.8. The van der Waals surface area contributed by atoms with Crippen molar-refractivity contribution in [2.75, 3.05) is 20.7 Å². The number of nitrogens with one attached hydrogen (secondary N) is 2.